The van der Waals surface area contributed by atoms with Crippen LogP contribution in [0, 0.1) is 0 Å². The van der Waals surface area contributed by atoms with Crippen LogP contribution in [-0.2, 0) is 32.7 Å². The number of unbranched alkanes of at least 4 members (excludes halogenated alkanes) is 30. The van der Waals surface area contributed by atoms with E-state index >= 15 is 0 Å². The first kappa shape index (κ1) is 76.9. The van der Waals surface area contributed by atoms with Gasteiger partial charge in [0.05, 0.1) is 27.7 Å². The van der Waals surface area contributed by atoms with Crippen molar-refractivity contribution >= 4 is 19.8 Å². The number of esters is 2. The van der Waals surface area contributed by atoms with Crippen LogP contribution in [0.15, 0.2) is 97.2 Å². The molecule has 0 aromatic heterocycles. The molecular formula is C70H124NO8P. The van der Waals surface area contributed by atoms with E-state index in [4.69, 9.17) is 18.5 Å². The average molecular weight is 1140 g/mol. The molecule has 2 atom stereocenters. The van der Waals surface area contributed by atoms with Crippen LogP contribution in [-0.4, -0.2) is 70.0 Å². The van der Waals surface area contributed by atoms with Crippen LogP contribution in [0.4, 0.5) is 0 Å². The van der Waals surface area contributed by atoms with Crippen molar-refractivity contribution in [1.29, 1.82) is 0 Å². The van der Waals surface area contributed by atoms with Gasteiger partial charge in [0.25, 0.3) is 7.82 Å². The summed E-state index contributed by atoms with van der Waals surface area (Å²) in [6, 6.07) is 0. The van der Waals surface area contributed by atoms with Gasteiger partial charge in [-0.25, -0.2) is 0 Å². The molecule has 0 bridgehead atoms. The highest BCUT2D eigenvalue weighted by molar-refractivity contribution is 7.45. The van der Waals surface area contributed by atoms with Crippen LogP contribution in [0.25, 0.3) is 0 Å². The van der Waals surface area contributed by atoms with E-state index < -0.39 is 32.5 Å². The number of carbonyl (C=O) groups excluding carboxylic acids is 2. The highest BCUT2D eigenvalue weighted by atomic mass is 31.2. The van der Waals surface area contributed by atoms with Crippen molar-refractivity contribution in [2.24, 2.45) is 0 Å². The number of allylic oxidation sites excluding steroid dienone is 16. The predicted octanol–water partition coefficient (Wildman–Crippen LogP) is 20.5. The highest BCUT2D eigenvalue weighted by Crippen LogP contribution is 2.38. The number of nitrogens with zero attached hydrogens (tertiary/aromatic N) is 1. The van der Waals surface area contributed by atoms with Gasteiger partial charge in [-0.3, -0.25) is 14.2 Å². The number of likely N-dealkylation sites (N-methyl/N-ethyl adjacent to an activating group) is 1. The number of hydrogen-bond donors (Lipinski definition) is 0. The minimum absolute atomic E-state index is 0.0475. The Kier molecular flexibility index (Phi) is 58.2. The first-order valence-electron chi connectivity index (χ1n) is 32.9. The maximum Gasteiger partial charge on any atom is 0.306 e. The molecule has 0 aromatic carbocycles. The smallest absolute Gasteiger partial charge is 0.306 e. The number of rotatable bonds is 60. The van der Waals surface area contributed by atoms with Gasteiger partial charge in [-0.05, 0) is 83.5 Å². The second kappa shape index (κ2) is 60.5. The van der Waals surface area contributed by atoms with Gasteiger partial charge in [-0.1, -0.05) is 284 Å². The predicted molar refractivity (Wildman–Crippen MR) is 342 cm³/mol. The van der Waals surface area contributed by atoms with Gasteiger partial charge in [0.1, 0.15) is 19.8 Å². The van der Waals surface area contributed by atoms with Gasteiger partial charge in [-0.15, -0.1) is 0 Å². The third kappa shape index (κ3) is 64.1. The monoisotopic (exact) mass is 1140 g/mol. The van der Waals surface area contributed by atoms with Crippen molar-refractivity contribution in [2.75, 3.05) is 47.5 Å². The van der Waals surface area contributed by atoms with Crippen molar-refractivity contribution in [3.05, 3.63) is 97.2 Å². The molecule has 0 rings (SSSR count). The van der Waals surface area contributed by atoms with Gasteiger partial charge in [0.15, 0.2) is 6.10 Å². The Morgan fingerprint density at radius 1 is 0.400 bits per heavy atom. The second-order valence-corrected chi connectivity index (χ2v) is 24.5. The van der Waals surface area contributed by atoms with Gasteiger partial charge in [0.2, 0.25) is 0 Å². The van der Waals surface area contributed by atoms with Gasteiger partial charge < -0.3 is 27.9 Å². The second-order valence-electron chi connectivity index (χ2n) is 23.1. The molecule has 80 heavy (non-hydrogen) atoms. The van der Waals surface area contributed by atoms with Gasteiger partial charge in [-0.2, -0.15) is 0 Å². The normalized spacial score (nSPS) is 13.8. The highest BCUT2D eigenvalue weighted by Gasteiger charge is 2.21. The molecule has 0 saturated carbocycles. The van der Waals surface area contributed by atoms with Crippen LogP contribution < -0.4 is 4.89 Å². The molecule has 0 aliphatic rings. The number of ether oxygens (including phenoxy) is 2. The van der Waals surface area contributed by atoms with Gasteiger partial charge in [0, 0.05) is 12.8 Å². The molecule has 0 aromatic rings. The molecular weight excluding hydrogens is 1010 g/mol. The number of phosphoric ester groups is 1. The molecule has 10 heteroatoms. The summed E-state index contributed by atoms with van der Waals surface area (Å²) in [5, 5.41) is 0. The molecule has 0 aliphatic carbocycles. The zero-order chi connectivity index (χ0) is 58.4. The molecule has 0 aliphatic heterocycles. The van der Waals surface area contributed by atoms with Crippen molar-refractivity contribution in [1.82, 2.24) is 0 Å². The fourth-order valence-corrected chi connectivity index (χ4v) is 9.80. The fraction of sp³-hybridized carbons (Fsp3) is 0.743. The number of hydrogen-bond acceptors (Lipinski definition) is 8. The summed E-state index contributed by atoms with van der Waals surface area (Å²) in [5.74, 6) is -0.927. The summed E-state index contributed by atoms with van der Waals surface area (Å²) in [7, 11) is 1.12. The van der Waals surface area contributed by atoms with E-state index in [1.807, 2.05) is 33.3 Å². The maximum absolute atomic E-state index is 12.8. The number of carbonyl (C=O) groups is 2. The first-order chi connectivity index (χ1) is 39.0. The fourth-order valence-electron chi connectivity index (χ4n) is 9.07. The Bertz CT molecular complexity index is 1670. The van der Waals surface area contributed by atoms with Crippen molar-refractivity contribution < 1.29 is 42.1 Å². The van der Waals surface area contributed by atoms with E-state index in [1.54, 1.807) is 0 Å². The van der Waals surface area contributed by atoms with E-state index in [2.05, 4.69) is 98.9 Å². The number of quaternary nitrogens is 1. The maximum atomic E-state index is 12.8. The third-order valence-corrected chi connectivity index (χ3v) is 15.1. The quantitative estimate of drug-likeness (QED) is 0.0195. The van der Waals surface area contributed by atoms with Crippen LogP contribution in [0.3, 0.4) is 0 Å². The lowest BCUT2D eigenvalue weighted by atomic mass is 10.0. The molecule has 0 amide bonds. The van der Waals surface area contributed by atoms with E-state index in [9.17, 15) is 19.0 Å². The molecule has 0 spiro atoms. The van der Waals surface area contributed by atoms with Crippen LogP contribution in [0.5, 0.6) is 0 Å². The molecule has 0 saturated heterocycles. The minimum Gasteiger partial charge on any atom is -0.756 e. The zero-order valence-electron chi connectivity index (χ0n) is 52.5. The average Bonchev–Trinajstić information content (AvgIpc) is 3.42. The molecule has 0 heterocycles. The molecule has 0 N–H and O–H groups in total. The molecule has 462 valence electrons. The number of phosphoric acid groups is 1. The lowest BCUT2D eigenvalue weighted by Crippen LogP contribution is -2.37. The zero-order valence-corrected chi connectivity index (χ0v) is 53.4. The summed E-state index contributed by atoms with van der Waals surface area (Å²) in [6.07, 6.45) is 83.8. The Hall–Kier alpha value is -3.07. The lowest BCUT2D eigenvalue weighted by Gasteiger charge is -2.28. The Morgan fingerprint density at radius 2 is 0.738 bits per heavy atom. The standard InChI is InChI=1S/C70H124NO8P/c1-6-8-10-12-14-16-18-20-22-24-26-27-28-29-30-31-32-33-34-35-36-37-38-39-40-41-42-43-45-46-48-50-52-54-56-58-60-62-69(72)76-66-68(67-78-80(74,75)77-65-64-71(3,4)5)79-70(73)63-61-59-57-55-53-51-49-47-44-25-23-21-19-17-15-13-11-9-7-2/h9,11,15,17-18,20-21,23-24,26,44,47,51,53,57,59,68H,6-8,10,12-14,16,19,22,25,27-43,45-46,48-50,52,54-56,58,60-67H2,1-5H3/b11-9-,17-15-,20-18-,23-21-,26-24-,47-44-,53-51-,59-57-. The topological polar surface area (TPSA) is 111 Å². The van der Waals surface area contributed by atoms with E-state index in [0.717, 1.165) is 64.2 Å². The van der Waals surface area contributed by atoms with Crippen LogP contribution in [0.1, 0.15) is 284 Å². The summed E-state index contributed by atoms with van der Waals surface area (Å²) < 4.78 is 34.1. The summed E-state index contributed by atoms with van der Waals surface area (Å²) in [6.45, 7) is 4.04. The largest absolute Gasteiger partial charge is 0.756 e. The minimum atomic E-state index is -4.66. The van der Waals surface area contributed by atoms with E-state index in [0.29, 0.717) is 17.4 Å². The van der Waals surface area contributed by atoms with E-state index in [-0.39, 0.29) is 26.1 Å². The molecule has 0 fully saturated rings. The summed E-state index contributed by atoms with van der Waals surface area (Å²) >= 11 is 0. The SMILES string of the molecule is CC/C=C\C/C=C\C/C=C\C/C=C\C/C=C\C/C=C\CCC(=O)OC(COC(=O)CCCCCCCCCCCCCCCCCCCCCCCCCCC/C=C\C/C=C\CCCCCCC)COP(=O)([O-])OCC[N+](C)(C)C. The Morgan fingerprint density at radius 3 is 1.11 bits per heavy atom. The summed E-state index contributed by atoms with van der Waals surface area (Å²) in [5.41, 5.74) is 0. The lowest BCUT2D eigenvalue weighted by molar-refractivity contribution is -0.870. The van der Waals surface area contributed by atoms with Crippen molar-refractivity contribution in [2.45, 2.75) is 290 Å². The van der Waals surface area contributed by atoms with Crippen molar-refractivity contribution in [3.63, 3.8) is 0 Å². The van der Waals surface area contributed by atoms with Gasteiger partial charge >= 0.3 is 11.9 Å². The summed E-state index contributed by atoms with van der Waals surface area (Å²) in [4.78, 5) is 37.9. The Labute approximate surface area is 493 Å². The third-order valence-electron chi connectivity index (χ3n) is 14.1. The van der Waals surface area contributed by atoms with Crippen LogP contribution in [0.2, 0.25) is 0 Å². The van der Waals surface area contributed by atoms with E-state index in [1.165, 1.54) is 186 Å². The first-order valence-corrected chi connectivity index (χ1v) is 34.4. The van der Waals surface area contributed by atoms with Crippen LogP contribution >= 0.6 is 7.82 Å². The van der Waals surface area contributed by atoms with Crippen molar-refractivity contribution in [3.8, 4) is 0 Å². The molecule has 2 unspecified atom stereocenters. The Balaban J connectivity index is 4.01. The molecule has 9 nitrogen and oxygen atoms in total. The molecule has 0 radical (unpaired) electrons.